The molecule has 2 aliphatic rings. The predicted octanol–water partition coefficient (Wildman–Crippen LogP) is 4.63. The summed E-state index contributed by atoms with van der Waals surface area (Å²) >= 11 is 3.22. The summed E-state index contributed by atoms with van der Waals surface area (Å²) in [5, 5.41) is 0. The average Bonchev–Trinajstić information content (AvgIpc) is 2.50. The van der Waals surface area contributed by atoms with Crippen molar-refractivity contribution in [3.8, 4) is 0 Å². The summed E-state index contributed by atoms with van der Waals surface area (Å²) in [5.74, 6) is 0.913. The van der Waals surface area contributed by atoms with E-state index in [4.69, 9.17) is 0 Å². The van der Waals surface area contributed by atoms with E-state index in [1.165, 1.54) is 25.3 Å². The van der Waals surface area contributed by atoms with Gasteiger partial charge in [-0.2, -0.15) is 0 Å². The zero-order valence-electron chi connectivity index (χ0n) is 12.3. The predicted molar refractivity (Wildman–Crippen MR) is 84.7 cm³/mol. The molecular weight excluding hydrogens is 333 g/mol. The van der Waals surface area contributed by atoms with Crippen molar-refractivity contribution in [3.05, 3.63) is 34.1 Å². The molecule has 2 nitrogen and oxygen atoms in total. The third-order valence-electron chi connectivity index (χ3n) is 5.18. The number of hydrogen-bond acceptors (Lipinski definition) is 1. The number of nitrogens with zero attached hydrogens (tertiary/aromatic N) is 1. The van der Waals surface area contributed by atoms with Gasteiger partial charge in [0.1, 0.15) is 5.82 Å². The van der Waals surface area contributed by atoms with Crippen LogP contribution in [0.4, 0.5) is 4.39 Å². The van der Waals surface area contributed by atoms with E-state index < -0.39 is 0 Å². The molecule has 3 atom stereocenters. The number of fused-ring (bicyclic) bond motifs is 1. The Balaban J connectivity index is 1.88. The van der Waals surface area contributed by atoms with Crippen LogP contribution in [0.25, 0.3) is 0 Å². The molecule has 1 amide bonds. The van der Waals surface area contributed by atoms with E-state index in [-0.39, 0.29) is 11.7 Å². The maximum absolute atomic E-state index is 13.7. The van der Waals surface area contributed by atoms with Crippen LogP contribution in [-0.2, 0) is 0 Å². The summed E-state index contributed by atoms with van der Waals surface area (Å²) in [7, 11) is 0. The lowest BCUT2D eigenvalue weighted by Gasteiger charge is -2.47. The summed E-state index contributed by atoms with van der Waals surface area (Å²) in [6.07, 6.45) is 5.84. The summed E-state index contributed by atoms with van der Waals surface area (Å²) in [6, 6.07) is 5.04. The Morgan fingerprint density at radius 1 is 1.29 bits per heavy atom. The van der Waals surface area contributed by atoms with Crippen LogP contribution in [0.3, 0.4) is 0 Å². The topological polar surface area (TPSA) is 20.3 Å². The van der Waals surface area contributed by atoms with E-state index in [0.717, 1.165) is 19.4 Å². The van der Waals surface area contributed by atoms with Gasteiger partial charge in [0.05, 0.1) is 10.0 Å². The van der Waals surface area contributed by atoms with E-state index in [1.54, 1.807) is 12.1 Å². The SMILES string of the molecule is CC1CCN(C(=O)c2cccc(F)c2Br)C2CCCCC12. The first-order chi connectivity index (χ1) is 10.1. The summed E-state index contributed by atoms with van der Waals surface area (Å²) in [6.45, 7) is 3.10. The zero-order valence-corrected chi connectivity index (χ0v) is 13.9. The first-order valence-corrected chi connectivity index (χ1v) is 8.64. The Morgan fingerprint density at radius 3 is 2.86 bits per heavy atom. The molecule has 0 bridgehead atoms. The van der Waals surface area contributed by atoms with E-state index in [2.05, 4.69) is 22.9 Å². The fourth-order valence-electron chi connectivity index (χ4n) is 3.99. The maximum Gasteiger partial charge on any atom is 0.255 e. The molecule has 0 aromatic heterocycles. The minimum Gasteiger partial charge on any atom is -0.335 e. The number of halogens is 2. The Labute approximate surface area is 133 Å². The lowest BCUT2D eigenvalue weighted by molar-refractivity contribution is 0.0216. The molecule has 0 radical (unpaired) electrons. The summed E-state index contributed by atoms with van der Waals surface area (Å²) in [5.41, 5.74) is 0.453. The lowest BCUT2D eigenvalue weighted by atomic mass is 9.72. The molecule has 1 saturated heterocycles. The van der Waals surface area contributed by atoms with Crippen LogP contribution >= 0.6 is 15.9 Å². The van der Waals surface area contributed by atoms with Gasteiger partial charge in [-0.25, -0.2) is 4.39 Å². The first-order valence-electron chi connectivity index (χ1n) is 7.84. The first kappa shape index (κ1) is 15.0. The minimum atomic E-state index is -0.369. The normalized spacial score (nSPS) is 29.1. The van der Waals surface area contributed by atoms with Gasteiger partial charge < -0.3 is 4.90 Å². The van der Waals surface area contributed by atoms with E-state index >= 15 is 0 Å². The number of carbonyl (C=O) groups excluding carboxylic acids is 1. The molecule has 1 heterocycles. The summed E-state index contributed by atoms with van der Waals surface area (Å²) in [4.78, 5) is 14.9. The van der Waals surface area contributed by atoms with Crippen molar-refractivity contribution in [2.45, 2.75) is 45.1 Å². The van der Waals surface area contributed by atoms with Gasteiger partial charge in [-0.3, -0.25) is 4.79 Å². The van der Waals surface area contributed by atoms with Crippen molar-refractivity contribution in [2.75, 3.05) is 6.54 Å². The van der Waals surface area contributed by atoms with E-state index in [0.29, 0.717) is 27.9 Å². The lowest BCUT2D eigenvalue weighted by Crippen LogP contribution is -2.52. The largest absolute Gasteiger partial charge is 0.335 e. The number of benzene rings is 1. The number of carbonyl (C=O) groups is 1. The van der Waals surface area contributed by atoms with Crippen LogP contribution in [0.15, 0.2) is 22.7 Å². The second-order valence-corrected chi connectivity index (χ2v) is 7.17. The smallest absolute Gasteiger partial charge is 0.255 e. The van der Waals surface area contributed by atoms with Crippen LogP contribution in [0.2, 0.25) is 0 Å². The Hall–Kier alpha value is -0.900. The molecule has 0 N–H and O–H groups in total. The highest BCUT2D eigenvalue weighted by Gasteiger charge is 2.39. The zero-order chi connectivity index (χ0) is 15.0. The molecule has 3 unspecified atom stereocenters. The van der Waals surface area contributed by atoms with Gasteiger partial charge in [-0.1, -0.05) is 25.8 Å². The van der Waals surface area contributed by atoms with Crippen LogP contribution < -0.4 is 0 Å². The van der Waals surface area contributed by atoms with Gasteiger partial charge in [0.2, 0.25) is 0 Å². The number of rotatable bonds is 1. The number of amides is 1. The maximum atomic E-state index is 13.7. The molecule has 0 spiro atoms. The second kappa shape index (κ2) is 6.07. The fraction of sp³-hybridized carbons (Fsp3) is 0.588. The third-order valence-corrected chi connectivity index (χ3v) is 5.99. The molecule has 1 saturated carbocycles. The van der Waals surface area contributed by atoms with Crippen molar-refractivity contribution < 1.29 is 9.18 Å². The van der Waals surface area contributed by atoms with E-state index in [9.17, 15) is 9.18 Å². The van der Waals surface area contributed by atoms with Crippen LogP contribution in [-0.4, -0.2) is 23.4 Å². The van der Waals surface area contributed by atoms with Gasteiger partial charge in [-0.05, 0) is 59.2 Å². The highest BCUT2D eigenvalue weighted by atomic mass is 79.9. The molecule has 1 aliphatic heterocycles. The number of likely N-dealkylation sites (tertiary alicyclic amines) is 1. The van der Waals surface area contributed by atoms with Crippen molar-refractivity contribution in [2.24, 2.45) is 11.8 Å². The molecular formula is C17H21BrFNO. The standard InChI is InChI=1S/C17H21BrFNO/c1-11-9-10-20(15-8-3-2-5-12(11)15)17(21)13-6-4-7-14(19)16(13)18/h4,6-7,11-12,15H,2-3,5,8-10H2,1H3. The third kappa shape index (κ3) is 2.75. The monoisotopic (exact) mass is 353 g/mol. The van der Waals surface area contributed by atoms with Gasteiger partial charge in [0.25, 0.3) is 5.91 Å². The highest BCUT2D eigenvalue weighted by molar-refractivity contribution is 9.10. The second-order valence-electron chi connectivity index (χ2n) is 6.38. The van der Waals surface area contributed by atoms with Crippen molar-refractivity contribution >= 4 is 21.8 Å². The van der Waals surface area contributed by atoms with Crippen molar-refractivity contribution in [1.29, 1.82) is 0 Å². The minimum absolute atomic E-state index is 0.0230. The molecule has 21 heavy (non-hydrogen) atoms. The molecule has 4 heteroatoms. The van der Waals surface area contributed by atoms with Crippen molar-refractivity contribution in [3.63, 3.8) is 0 Å². The van der Waals surface area contributed by atoms with E-state index in [1.807, 2.05) is 4.90 Å². The molecule has 2 fully saturated rings. The highest BCUT2D eigenvalue weighted by Crippen LogP contribution is 2.39. The number of piperidine rings is 1. The Kier molecular flexibility index (Phi) is 4.34. The number of hydrogen-bond donors (Lipinski definition) is 0. The Bertz CT molecular complexity index is 548. The van der Waals surface area contributed by atoms with Crippen LogP contribution in [0.1, 0.15) is 49.4 Å². The molecule has 114 valence electrons. The quantitative estimate of drug-likeness (QED) is 0.720. The van der Waals surface area contributed by atoms with Crippen LogP contribution in [0.5, 0.6) is 0 Å². The summed E-state index contributed by atoms with van der Waals surface area (Å²) < 4.78 is 14.0. The average molecular weight is 354 g/mol. The molecule has 1 aromatic carbocycles. The van der Waals surface area contributed by atoms with Gasteiger partial charge >= 0.3 is 0 Å². The van der Waals surface area contributed by atoms with Gasteiger partial charge in [0, 0.05) is 12.6 Å². The van der Waals surface area contributed by atoms with Crippen molar-refractivity contribution in [1.82, 2.24) is 4.90 Å². The molecule has 1 aliphatic carbocycles. The Morgan fingerprint density at radius 2 is 2.05 bits per heavy atom. The van der Waals surface area contributed by atoms with Crippen LogP contribution in [0, 0.1) is 17.7 Å². The molecule has 3 rings (SSSR count). The fourth-order valence-corrected chi connectivity index (χ4v) is 4.42. The van der Waals surface area contributed by atoms with Gasteiger partial charge in [-0.15, -0.1) is 0 Å². The van der Waals surface area contributed by atoms with Gasteiger partial charge in [0.15, 0.2) is 0 Å². The molecule has 1 aromatic rings.